The summed E-state index contributed by atoms with van der Waals surface area (Å²) in [5, 5.41) is 18.9. The Morgan fingerprint density at radius 1 is 1.38 bits per heavy atom. The average molecular weight is 331 g/mol. The average Bonchev–Trinajstić information content (AvgIpc) is 2.83. The lowest BCUT2D eigenvalue weighted by atomic mass is 10.2. The third-order valence-electron chi connectivity index (χ3n) is 3.65. The van der Waals surface area contributed by atoms with E-state index in [4.69, 9.17) is 5.11 Å². The molecule has 7 nitrogen and oxygen atoms in total. The van der Waals surface area contributed by atoms with Gasteiger partial charge in [0.05, 0.1) is 6.54 Å². The zero-order chi connectivity index (χ0) is 17.5. The quantitative estimate of drug-likeness (QED) is 0.725. The van der Waals surface area contributed by atoms with Crippen molar-refractivity contribution in [2.24, 2.45) is 0 Å². The van der Waals surface area contributed by atoms with E-state index >= 15 is 0 Å². The Bertz CT molecular complexity index is 683. The van der Waals surface area contributed by atoms with Gasteiger partial charge in [0.1, 0.15) is 11.6 Å². The predicted molar refractivity (Wildman–Crippen MR) is 93.0 cm³/mol. The van der Waals surface area contributed by atoms with Gasteiger partial charge in [-0.25, -0.2) is 14.5 Å². The molecule has 0 bridgehead atoms. The van der Waals surface area contributed by atoms with Crippen molar-refractivity contribution in [3.05, 3.63) is 41.5 Å². The number of hydrogen-bond donors (Lipinski definition) is 3. The van der Waals surface area contributed by atoms with E-state index in [0.717, 1.165) is 29.3 Å². The van der Waals surface area contributed by atoms with Gasteiger partial charge in [0.15, 0.2) is 0 Å². The maximum absolute atomic E-state index is 12.0. The zero-order valence-electron chi connectivity index (χ0n) is 14.4. The molecular formula is C17H25N5O2. The number of aromatic nitrogens is 3. The van der Waals surface area contributed by atoms with Crippen molar-refractivity contribution in [2.45, 2.75) is 46.2 Å². The normalized spacial score (nSPS) is 12.0. The summed E-state index contributed by atoms with van der Waals surface area (Å²) in [6.45, 7) is 6.45. The van der Waals surface area contributed by atoms with E-state index in [9.17, 15) is 4.79 Å². The second-order valence-electron chi connectivity index (χ2n) is 5.93. The van der Waals surface area contributed by atoms with Crippen LogP contribution >= 0.6 is 0 Å². The molecule has 0 saturated carbocycles. The van der Waals surface area contributed by atoms with E-state index in [1.54, 1.807) is 0 Å². The Hall–Kier alpha value is -2.41. The predicted octanol–water partition coefficient (Wildman–Crippen LogP) is 2.23. The summed E-state index contributed by atoms with van der Waals surface area (Å²) in [6.07, 6.45) is 1.42. The van der Waals surface area contributed by atoms with Crippen molar-refractivity contribution in [2.75, 3.05) is 11.9 Å². The molecule has 2 amide bonds. The number of aliphatic hydroxyl groups is 1. The molecule has 0 aliphatic rings. The number of rotatable bonds is 7. The molecule has 2 aromatic rings. The summed E-state index contributed by atoms with van der Waals surface area (Å²) >= 11 is 0. The van der Waals surface area contributed by atoms with E-state index in [1.165, 1.54) is 0 Å². The lowest BCUT2D eigenvalue weighted by molar-refractivity contribution is 0.245. The highest BCUT2D eigenvalue weighted by Crippen LogP contribution is 2.12. The van der Waals surface area contributed by atoms with Crippen molar-refractivity contribution in [1.82, 2.24) is 20.1 Å². The lowest BCUT2D eigenvalue weighted by Gasteiger charge is -2.14. The molecule has 2 rings (SSSR count). The van der Waals surface area contributed by atoms with Gasteiger partial charge in [-0.3, -0.25) is 0 Å². The summed E-state index contributed by atoms with van der Waals surface area (Å²) in [5.41, 5.74) is 1.77. The highest BCUT2D eigenvalue weighted by molar-refractivity contribution is 5.89. The number of aliphatic hydroxyl groups excluding tert-OH is 1. The number of benzene rings is 1. The second kappa shape index (κ2) is 8.44. The van der Waals surface area contributed by atoms with E-state index in [0.29, 0.717) is 13.0 Å². The summed E-state index contributed by atoms with van der Waals surface area (Å²) in [4.78, 5) is 16.3. The third kappa shape index (κ3) is 5.34. The Labute approximate surface area is 142 Å². The SMILES string of the molecule is Cc1nc(C)n(Cc2cccc(NC(=O)NC(C)CCCO)c2)n1. The molecule has 1 heterocycles. The first-order valence-corrected chi connectivity index (χ1v) is 8.13. The maximum Gasteiger partial charge on any atom is 0.319 e. The minimum atomic E-state index is -0.245. The molecule has 0 radical (unpaired) electrons. The molecule has 0 aliphatic carbocycles. The second-order valence-corrected chi connectivity index (χ2v) is 5.93. The summed E-state index contributed by atoms with van der Waals surface area (Å²) in [7, 11) is 0. The van der Waals surface area contributed by atoms with Gasteiger partial charge in [0.2, 0.25) is 0 Å². The van der Waals surface area contributed by atoms with Crippen molar-refractivity contribution < 1.29 is 9.90 Å². The molecule has 24 heavy (non-hydrogen) atoms. The number of urea groups is 1. The van der Waals surface area contributed by atoms with Crippen LogP contribution in [0.1, 0.15) is 37.0 Å². The highest BCUT2D eigenvalue weighted by Gasteiger charge is 2.08. The van der Waals surface area contributed by atoms with Crippen molar-refractivity contribution in [3.63, 3.8) is 0 Å². The van der Waals surface area contributed by atoms with Crippen LogP contribution in [0.4, 0.5) is 10.5 Å². The third-order valence-corrected chi connectivity index (χ3v) is 3.65. The Morgan fingerprint density at radius 3 is 2.83 bits per heavy atom. The van der Waals surface area contributed by atoms with Crippen LogP contribution in [-0.4, -0.2) is 38.6 Å². The van der Waals surface area contributed by atoms with Crippen LogP contribution in [0, 0.1) is 13.8 Å². The van der Waals surface area contributed by atoms with Crippen molar-refractivity contribution >= 4 is 11.7 Å². The number of hydrogen-bond acceptors (Lipinski definition) is 4. The van der Waals surface area contributed by atoms with E-state index in [-0.39, 0.29) is 18.7 Å². The van der Waals surface area contributed by atoms with Crippen LogP contribution in [0.3, 0.4) is 0 Å². The first kappa shape index (κ1) is 17.9. The first-order chi connectivity index (χ1) is 11.5. The molecule has 1 unspecified atom stereocenters. The Balaban J connectivity index is 1.95. The number of carbonyl (C=O) groups excluding carboxylic acids is 1. The van der Waals surface area contributed by atoms with Gasteiger partial charge in [-0.1, -0.05) is 12.1 Å². The van der Waals surface area contributed by atoms with E-state index in [1.807, 2.05) is 49.7 Å². The fourth-order valence-corrected chi connectivity index (χ4v) is 2.49. The van der Waals surface area contributed by atoms with Crippen molar-refractivity contribution in [3.8, 4) is 0 Å². The standard InChI is InChI=1S/C17H25N5O2/c1-12(6-5-9-23)18-17(24)20-16-8-4-7-15(10-16)11-22-14(3)19-13(2)21-22/h4,7-8,10,12,23H,5-6,9,11H2,1-3H3,(H2,18,20,24). The molecule has 0 spiro atoms. The molecule has 0 fully saturated rings. The molecule has 0 aliphatic heterocycles. The molecular weight excluding hydrogens is 306 g/mol. The van der Waals surface area contributed by atoms with Gasteiger partial charge in [0, 0.05) is 18.3 Å². The van der Waals surface area contributed by atoms with Gasteiger partial charge < -0.3 is 15.7 Å². The van der Waals surface area contributed by atoms with Crippen LogP contribution in [-0.2, 0) is 6.54 Å². The largest absolute Gasteiger partial charge is 0.396 e. The van der Waals surface area contributed by atoms with Crippen LogP contribution in [0.2, 0.25) is 0 Å². The van der Waals surface area contributed by atoms with Crippen molar-refractivity contribution in [1.29, 1.82) is 0 Å². The van der Waals surface area contributed by atoms with Gasteiger partial charge in [-0.2, -0.15) is 5.10 Å². The minimum absolute atomic E-state index is 0.0149. The number of aryl methyl sites for hydroxylation is 2. The van der Waals surface area contributed by atoms with E-state index in [2.05, 4.69) is 20.7 Å². The molecule has 1 atom stereocenters. The fourth-order valence-electron chi connectivity index (χ4n) is 2.49. The van der Waals surface area contributed by atoms with Gasteiger partial charge in [0.25, 0.3) is 0 Å². The lowest BCUT2D eigenvalue weighted by Crippen LogP contribution is -2.36. The Morgan fingerprint density at radius 2 is 2.17 bits per heavy atom. The molecule has 130 valence electrons. The molecule has 7 heteroatoms. The monoisotopic (exact) mass is 331 g/mol. The number of nitrogens with one attached hydrogen (secondary N) is 2. The van der Waals surface area contributed by atoms with Gasteiger partial charge in [-0.05, 0) is 51.3 Å². The number of nitrogens with zero attached hydrogens (tertiary/aromatic N) is 3. The highest BCUT2D eigenvalue weighted by atomic mass is 16.3. The van der Waals surface area contributed by atoms with Crippen LogP contribution < -0.4 is 10.6 Å². The topological polar surface area (TPSA) is 92.1 Å². The number of carbonyl (C=O) groups is 1. The zero-order valence-corrected chi connectivity index (χ0v) is 14.4. The fraction of sp³-hybridized carbons (Fsp3) is 0.471. The molecule has 3 N–H and O–H groups in total. The summed E-state index contributed by atoms with van der Waals surface area (Å²) in [5.74, 6) is 1.61. The molecule has 1 aromatic carbocycles. The summed E-state index contributed by atoms with van der Waals surface area (Å²) in [6, 6.07) is 7.43. The van der Waals surface area contributed by atoms with Crippen LogP contribution in [0.5, 0.6) is 0 Å². The Kier molecular flexibility index (Phi) is 6.31. The smallest absolute Gasteiger partial charge is 0.319 e. The van der Waals surface area contributed by atoms with Gasteiger partial charge in [-0.15, -0.1) is 0 Å². The number of anilines is 1. The minimum Gasteiger partial charge on any atom is -0.396 e. The first-order valence-electron chi connectivity index (χ1n) is 8.13. The molecule has 1 aromatic heterocycles. The maximum atomic E-state index is 12.0. The van der Waals surface area contributed by atoms with E-state index < -0.39 is 0 Å². The number of amides is 2. The van der Waals surface area contributed by atoms with Gasteiger partial charge >= 0.3 is 6.03 Å². The van der Waals surface area contributed by atoms with Crippen LogP contribution in [0.15, 0.2) is 24.3 Å². The summed E-state index contributed by atoms with van der Waals surface area (Å²) < 4.78 is 1.84. The van der Waals surface area contributed by atoms with Crippen LogP contribution in [0.25, 0.3) is 0 Å². The molecule has 0 saturated heterocycles.